The van der Waals surface area contributed by atoms with E-state index in [0.29, 0.717) is 30.2 Å². The van der Waals surface area contributed by atoms with Crippen LogP contribution in [0.3, 0.4) is 0 Å². The molecule has 0 unspecified atom stereocenters. The van der Waals surface area contributed by atoms with Gasteiger partial charge in [0.05, 0.1) is 20.1 Å². The summed E-state index contributed by atoms with van der Waals surface area (Å²) in [6.07, 6.45) is 0.823. The maximum Gasteiger partial charge on any atom is 0.253 e. The molecule has 2 amide bonds. The molecule has 1 fully saturated rings. The zero-order chi connectivity index (χ0) is 21.7. The van der Waals surface area contributed by atoms with E-state index in [2.05, 4.69) is 5.32 Å². The van der Waals surface area contributed by atoms with Crippen molar-refractivity contribution in [2.45, 2.75) is 19.3 Å². The first-order valence-electron chi connectivity index (χ1n) is 10.0. The van der Waals surface area contributed by atoms with Gasteiger partial charge >= 0.3 is 0 Å². The highest BCUT2D eigenvalue weighted by atomic mass is 19.1. The van der Waals surface area contributed by atoms with Crippen molar-refractivity contribution in [1.29, 1.82) is 0 Å². The molecular weight excluding hydrogens is 387 g/mol. The molecule has 1 aliphatic heterocycles. The van der Waals surface area contributed by atoms with Crippen molar-refractivity contribution in [3.63, 3.8) is 0 Å². The lowest BCUT2D eigenvalue weighted by Gasteiger charge is -2.21. The fraction of sp³-hybridized carbons (Fsp3) is 0.391. The molecule has 0 saturated carbocycles. The third kappa shape index (κ3) is 4.56. The first kappa shape index (κ1) is 21.6. The minimum atomic E-state index is -0.429. The SMILES string of the molecule is CCCNC(=O)[C@@H]1CN(C(=O)c2ccc(F)cc2)C[C@@H]1c1cc(OC)ccc1OC. The number of ether oxygens (including phenoxy) is 2. The predicted molar refractivity (Wildman–Crippen MR) is 111 cm³/mol. The standard InChI is InChI=1S/C23H27FN2O4/c1-4-11-25-22(27)20-14-26(23(28)15-5-7-16(24)8-6-15)13-19(20)18-12-17(29-2)9-10-21(18)30-3/h5-10,12,19-20H,4,11,13-14H2,1-3H3,(H,25,27)/t19-,20-/m1/s1. The van der Waals surface area contributed by atoms with Crippen LogP contribution in [0, 0.1) is 11.7 Å². The largest absolute Gasteiger partial charge is 0.497 e. The molecule has 0 bridgehead atoms. The lowest BCUT2D eigenvalue weighted by atomic mass is 9.87. The van der Waals surface area contributed by atoms with Crippen LogP contribution in [0.25, 0.3) is 0 Å². The number of methoxy groups -OCH3 is 2. The summed E-state index contributed by atoms with van der Waals surface area (Å²) in [7, 11) is 3.16. The normalized spacial score (nSPS) is 18.2. The summed E-state index contributed by atoms with van der Waals surface area (Å²) in [6.45, 7) is 3.19. The first-order chi connectivity index (χ1) is 14.5. The minimum absolute atomic E-state index is 0.0962. The van der Waals surface area contributed by atoms with Gasteiger partial charge < -0.3 is 19.7 Å². The van der Waals surface area contributed by atoms with E-state index in [1.54, 1.807) is 31.3 Å². The van der Waals surface area contributed by atoms with Crippen molar-refractivity contribution in [1.82, 2.24) is 10.2 Å². The fourth-order valence-corrected chi connectivity index (χ4v) is 3.83. The van der Waals surface area contributed by atoms with E-state index in [-0.39, 0.29) is 24.3 Å². The monoisotopic (exact) mass is 414 g/mol. The summed E-state index contributed by atoms with van der Waals surface area (Å²) in [5.41, 5.74) is 1.21. The van der Waals surface area contributed by atoms with Gasteiger partial charge in [-0.05, 0) is 48.9 Å². The highest BCUT2D eigenvalue weighted by Crippen LogP contribution is 2.40. The number of hydrogen-bond donors (Lipinski definition) is 1. The number of nitrogens with one attached hydrogen (secondary N) is 1. The van der Waals surface area contributed by atoms with Crippen molar-refractivity contribution >= 4 is 11.8 Å². The van der Waals surface area contributed by atoms with Gasteiger partial charge in [-0.25, -0.2) is 4.39 Å². The molecule has 0 aromatic heterocycles. The third-order valence-electron chi connectivity index (χ3n) is 5.42. The number of halogens is 1. The number of amides is 2. The van der Waals surface area contributed by atoms with Gasteiger partial charge in [0.2, 0.25) is 5.91 Å². The molecule has 3 rings (SSSR count). The molecule has 2 aromatic rings. The maximum atomic E-state index is 13.2. The number of benzene rings is 2. The predicted octanol–water partition coefficient (Wildman–Crippen LogP) is 3.22. The molecule has 0 radical (unpaired) electrons. The first-order valence-corrected chi connectivity index (χ1v) is 10.0. The third-order valence-corrected chi connectivity index (χ3v) is 5.42. The molecule has 1 aliphatic rings. The maximum absolute atomic E-state index is 13.2. The Bertz CT molecular complexity index is 901. The Morgan fingerprint density at radius 1 is 1.10 bits per heavy atom. The van der Waals surface area contributed by atoms with Gasteiger partial charge in [0.1, 0.15) is 17.3 Å². The van der Waals surface area contributed by atoms with Crippen LogP contribution in [0.4, 0.5) is 4.39 Å². The van der Waals surface area contributed by atoms with Gasteiger partial charge in [-0.1, -0.05) is 6.92 Å². The molecule has 1 saturated heterocycles. The molecular formula is C23H27FN2O4. The van der Waals surface area contributed by atoms with Gasteiger partial charge in [-0.3, -0.25) is 9.59 Å². The van der Waals surface area contributed by atoms with Gasteiger partial charge in [0.25, 0.3) is 5.91 Å². The second kappa shape index (κ2) is 9.61. The highest BCUT2D eigenvalue weighted by Gasteiger charge is 2.41. The Labute approximate surface area is 176 Å². The second-order valence-corrected chi connectivity index (χ2v) is 7.33. The Morgan fingerprint density at radius 2 is 1.83 bits per heavy atom. The Balaban J connectivity index is 1.93. The number of carbonyl (C=O) groups excluding carboxylic acids is 2. The molecule has 0 aliphatic carbocycles. The lowest BCUT2D eigenvalue weighted by Crippen LogP contribution is -2.36. The molecule has 6 nitrogen and oxygen atoms in total. The van der Waals surface area contributed by atoms with Crippen LogP contribution >= 0.6 is 0 Å². The number of nitrogens with zero attached hydrogens (tertiary/aromatic N) is 1. The number of carbonyl (C=O) groups is 2. The van der Waals surface area contributed by atoms with Crippen LogP contribution in [0.5, 0.6) is 11.5 Å². The molecule has 7 heteroatoms. The second-order valence-electron chi connectivity index (χ2n) is 7.33. The lowest BCUT2D eigenvalue weighted by molar-refractivity contribution is -0.124. The van der Waals surface area contributed by atoms with E-state index >= 15 is 0 Å². The Kier molecular flexibility index (Phi) is 6.92. The summed E-state index contributed by atoms with van der Waals surface area (Å²) in [4.78, 5) is 27.6. The van der Waals surface area contributed by atoms with Crippen molar-refractivity contribution in [2.24, 2.45) is 5.92 Å². The number of hydrogen-bond acceptors (Lipinski definition) is 4. The number of rotatable bonds is 7. The van der Waals surface area contributed by atoms with Crippen LogP contribution < -0.4 is 14.8 Å². The quantitative estimate of drug-likeness (QED) is 0.755. The molecule has 1 N–H and O–H groups in total. The Morgan fingerprint density at radius 3 is 2.47 bits per heavy atom. The topological polar surface area (TPSA) is 67.9 Å². The minimum Gasteiger partial charge on any atom is -0.497 e. The van der Waals surface area contributed by atoms with Crippen LogP contribution in [0.15, 0.2) is 42.5 Å². The summed E-state index contributed by atoms with van der Waals surface area (Å²) in [5.74, 6) is -0.108. The van der Waals surface area contributed by atoms with E-state index in [4.69, 9.17) is 9.47 Å². The fourth-order valence-electron chi connectivity index (χ4n) is 3.83. The van der Waals surface area contributed by atoms with Crippen LogP contribution in [-0.2, 0) is 4.79 Å². The van der Waals surface area contributed by atoms with Gasteiger partial charge in [0.15, 0.2) is 0 Å². The summed E-state index contributed by atoms with van der Waals surface area (Å²) < 4.78 is 24.1. The van der Waals surface area contributed by atoms with E-state index in [9.17, 15) is 14.0 Å². The van der Waals surface area contributed by atoms with Crippen molar-refractivity contribution in [2.75, 3.05) is 33.9 Å². The van der Waals surface area contributed by atoms with E-state index in [1.807, 2.05) is 13.0 Å². The average molecular weight is 414 g/mol. The molecule has 30 heavy (non-hydrogen) atoms. The average Bonchev–Trinajstić information content (AvgIpc) is 3.22. The molecule has 2 aromatic carbocycles. The smallest absolute Gasteiger partial charge is 0.253 e. The molecule has 2 atom stereocenters. The zero-order valence-electron chi connectivity index (χ0n) is 17.5. The van der Waals surface area contributed by atoms with E-state index in [0.717, 1.165) is 12.0 Å². The van der Waals surface area contributed by atoms with Crippen molar-refractivity contribution in [3.05, 3.63) is 59.4 Å². The van der Waals surface area contributed by atoms with Crippen LogP contribution in [-0.4, -0.2) is 50.6 Å². The van der Waals surface area contributed by atoms with E-state index < -0.39 is 11.7 Å². The summed E-state index contributed by atoms with van der Waals surface area (Å²) >= 11 is 0. The van der Waals surface area contributed by atoms with Crippen molar-refractivity contribution in [3.8, 4) is 11.5 Å². The summed E-state index contributed by atoms with van der Waals surface area (Å²) in [6, 6.07) is 10.9. The van der Waals surface area contributed by atoms with Gasteiger partial charge in [-0.15, -0.1) is 0 Å². The molecule has 160 valence electrons. The summed E-state index contributed by atoms with van der Waals surface area (Å²) in [5, 5.41) is 2.95. The molecule has 1 heterocycles. The highest BCUT2D eigenvalue weighted by molar-refractivity contribution is 5.95. The van der Waals surface area contributed by atoms with Crippen LogP contribution in [0.1, 0.15) is 35.2 Å². The van der Waals surface area contributed by atoms with Crippen molar-refractivity contribution < 1.29 is 23.5 Å². The van der Waals surface area contributed by atoms with E-state index in [1.165, 1.54) is 24.3 Å². The van der Waals surface area contributed by atoms with Crippen LogP contribution in [0.2, 0.25) is 0 Å². The Hall–Kier alpha value is -3.09. The van der Waals surface area contributed by atoms with Gasteiger partial charge in [-0.2, -0.15) is 0 Å². The number of likely N-dealkylation sites (tertiary alicyclic amines) is 1. The molecule has 0 spiro atoms. The van der Waals surface area contributed by atoms with Gasteiger partial charge in [0, 0.05) is 36.7 Å². The zero-order valence-corrected chi connectivity index (χ0v) is 17.5.